The number of piperazine rings is 1. The maximum atomic E-state index is 12.3. The molecule has 1 amide bonds. The lowest BCUT2D eigenvalue weighted by Crippen LogP contribution is -2.50. The molecule has 1 saturated heterocycles. The Morgan fingerprint density at radius 2 is 1.92 bits per heavy atom. The van der Waals surface area contributed by atoms with E-state index in [1.807, 2.05) is 37.8 Å². The number of anilines is 1. The smallest absolute Gasteiger partial charge is 0.410 e. The maximum Gasteiger partial charge on any atom is 0.410 e. The van der Waals surface area contributed by atoms with Crippen molar-refractivity contribution in [2.75, 3.05) is 31.1 Å². The third kappa shape index (κ3) is 4.12. The van der Waals surface area contributed by atoms with Crippen molar-refractivity contribution in [3.8, 4) is 0 Å². The molecule has 1 aliphatic rings. The first kappa shape index (κ1) is 17.7. The molecular formula is C17H21BrN4O3. The van der Waals surface area contributed by atoms with E-state index in [4.69, 9.17) is 4.74 Å². The molecule has 1 fully saturated rings. The summed E-state index contributed by atoms with van der Waals surface area (Å²) in [6.07, 6.45) is -0.308. The number of aromatic nitrogens is 2. The lowest BCUT2D eigenvalue weighted by Gasteiger charge is -2.35. The van der Waals surface area contributed by atoms with Crippen molar-refractivity contribution < 1.29 is 9.53 Å². The van der Waals surface area contributed by atoms with Crippen LogP contribution in [0.5, 0.6) is 0 Å². The molecule has 7 nitrogen and oxygen atoms in total. The number of ether oxygens (including phenoxy) is 1. The summed E-state index contributed by atoms with van der Waals surface area (Å²) in [6.45, 7) is 7.78. The third-order valence-electron chi connectivity index (χ3n) is 3.89. The average molecular weight is 409 g/mol. The predicted molar refractivity (Wildman–Crippen MR) is 100 cm³/mol. The van der Waals surface area contributed by atoms with E-state index >= 15 is 0 Å². The molecule has 0 aliphatic carbocycles. The summed E-state index contributed by atoms with van der Waals surface area (Å²) in [5.41, 5.74) is -0.0273. The second-order valence-electron chi connectivity index (χ2n) is 7.01. The van der Waals surface area contributed by atoms with Crippen LogP contribution in [-0.4, -0.2) is 52.7 Å². The monoisotopic (exact) mass is 408 g/mol. The zero-order valence-corrected chi connectivity index (χ0v) is 16.1. The van der Waals surface area contributed by atoms with E-state index in [1.54, 1.807) is 11.0 Å². The van der Waals surface area contributed by atoms with Gasteiger partial charge in [-0.2, -0.15) is 0 Å². The van der Waals surface area contributed by atoms with E-state index in [-0.39, 0.29) is 11.7 Å². The van der Waals surface area contributed by atoms with Crippen LogP contribution in [0.15, 0.2) is 27.5 Å². The number of amides is 1. The number of aromatic amines is 1. The van der Waals surface area contributed by atoms with Crippen molar-refractivity contribution in [2.45, 2.75) is 26.4 Å². The molecular weight excluding hydrogens is 388 g/mol. The van der Waals surface area contributed by atoms with Gasteiger partial charge in [-0.05, 0) is 39.0 Å². The van der Waals surface area contributed by atoms with Crippen LogP contribution in [0.25, 0.3) is 10.9 Å². The molecule has 1 N–H and O–H groups in total. The van der Waals surface area contributed by atoms with Gasteiger partial charge in [-0.15, -0.1) is 0 Å². The molecule has 2 heterocycles. The molecule has 3 rings (SSSR count). The minimum Gasteiger partial charge on any atom is -0.444 e. The van der Waals surface area contributed by atoms with Crippen LogP contribution in [0.4, 0.5) is 10.7 Å². The fourth-order valence-corrected chi connectivity index (χ4v) is 3.04. The molecule has 0 saturated carbocycles. The summed E-state index contributed by atoms with van der Waals surface area (Å²) in [5, 5.41) is 0.547. The number of hydrogen-bond donors (Lipinski definition) is 1. The Bertz CT molecular complexity index is 851. The summed E-state index contributed by atoms with van der Waals surface area (Å²) in [5.74, 6) is 0.531. The minimum atomic E-state index is -0.506. The quantitative estimate of drug-likeness (QED) is 0.784. The molecule has 0 atom stereocenters. The fraction of sp³-hybridized carbons (Fsp3) is 0.471. The van der Waals surface area contributed by atoms with Crippen LogP contribution < -0.4 is 10.5 Å². The largest absolute Gasteiger partial charge is 0.444 e. The van der Waals surface area contributed by atoms with Gasteiger partial charge in [-0.3, -0.25) is 9.78 Å². The van der Waals surface area contributed by atoms with Gasteiger partial charge in [0.1, 0.15) is 5.60 Å². The van der Waals surface area contributed by atoms with Crippen molar-refractivity contribution in [2.24, 2.45) is 0 Å². The van der Waals surface area contributed by atoms with E-state index in [0.717, 1.165) is 4.47 Å². The number of carbonyl (C=O) groups is 1. The van der Waals surface area contributed by atoms with Crippen LogP contribution in [0.1, 0.15) is 20.8 Å². The van der Waals surface area contributed by atoms with E-state index in [9.17, 15) is 9.59 Å². The van der Waals surface area contributed by atoms with Gasteiger partial charge in [0.25, 0.3) is 5.56 Å². The van der Waals surface area contributed by atoms with Gasteiger partial charge in [0.05, 0.1) is 10.9 Å². The SMILES string of the molecule is CC(C)(C)OC(=O)N1CCN(c2nc3ccc(Br)cc3c(=O)[nH]2)CC1. The van der Waals surface area contributed by atoms with Crippen molar-refractivity contribution in [1.82, 2.24) is 14.9 Å². The number of rotatable bonds is 1. The summed E-state index contributed by atoms with van der Waals surface area (Å²) >= 11 is 3.36. The van der Waals surface area contributed by atoms with Gasteiger partial charge >= 0.3 is 6.09 Å². The van der Waals surface area contributed by atoms with Gasteiger partial charge < -0.3 is 14.5 Å². The Balaban J connectivity index is 1.73. The van der Waals surface area contributed by atoms with Gasteiger partial charge in [-0.25, -0.2) is 9.78 Å². The lowest BCUT2D eigenvalue weighted by atomic mass is 10.2. The van der Waals surface area contributed by atoms with E-state index < -0.39 is 5.60 Å². The molecule has 0 spiro atoms. The van der Waals surface area contributed by atoms with E-state index in [1.165, 1.54) is 0 Å². The highest BCUT2D eigenvalue weighted by Gasteiger charge is 2.26. The predicted octanol–water partition coefficient (Wildman–Crippen LogP) is 2.74. The van der Waals surface area contributed by atoms with E-state index in [2.05, 4.69) is 25.9 Å². The third-order valence-corrected chi connectivity index (χ3v) is 4.38. The molecule has 0 unspecified atom stereocenters. The Labute approximate surface area is 154 Å². The topological polar surface area (TPSA) is 78.5 Å². The zero-order chi connectivity index (χ0) is 18.2. The first-order valence-electron chi connectivity index (χ1n) is 8.15. The van der Waals surface area contributed by atoms with Crippen molar-refractivity contribution >= 4 is 38.9 Å². The van der Waals surface area contributed by atoms with Gasteiger partial charge in [-0.1, -0.05) is 15.9 Å². The highest BCUT2D eigenvalue weighted by atomic mass is 79.9. The number of nitrogens with zero attached hydrogens (tertiary/aromatic N) is 3. The number of halogens is 1. The van der Waals surface area contributed by atoms with Gasteiger partial charge in [0.15, 0.2) is 0 Å². The molecule has 8 heteroatoms. The first-order valence-corrected chi connectivity index (χ1v) is 8.95. The Kier molecular flexibility index (Phi) is 4.73. The second-order valence-corrected chi connectivity index (χ2v) is 7.92. The van der Waals surface area contributed by atoms with Crippen molar-refractivity contribution in [3.63, 3.8) is 0 Å². The Morgan fingerprint density at radius 3 is 2.56 bits per heavy atom. The Hall–Kier alpha value is -2.09. The van der Waals surface area contributed by atoms with Gasteiger partial charge in [0.2, 0.25) is 5.95 Å². The number of carbonyl (C=O) groups excluding carboxylic acids is 1. The number of hydrogen-bond acceptors (Lipinski definition) is 5. The number of H-pyrrole nitrogens is 1. The highest BCUT2D eigenvalue weighted by Crippen LogP contribution is 2.18. The maximum absolute atomic E-state index is 12.3. The molecule has 1 aromatic heterocycles. The van der Waals surface area contributed by atoms with Crippen LogP contribution in [0.2, 0.25) is 0 Å². The highest BCUT2D eigenvalue weighted by molar-refractivity contribution is 9.10. The molecule has 134 valence electrons. The second kappa shape index (κ2) is 6.67. The molecule has 1 aromatic carbocycles. The molecule has 0 bridgehead atoms. The number of nitrogens with one attached hydrogen (secondary N) is 1. The van der Waals surface area contributed by atoms with Crippen molar-refractivity contribution in [1.29, 1.82) is 0 Å². The van der Waals surface area contributed by atoms with Gasteiger partial charge in [0, 0.05) is 30.7 Å². The molecule has 2 aromatic rings. The number of benzene rings is 1. The Morgan fingerprint density at radius 1 is 1.24 bits per heavy atom. The van der Waals surface area contributed by atoms with Crippen LogP contribution >= 0.6 is 15.9 Å². The lowest BCUT2D eigenvalue weighted by molar-refractivity contribution is 0.0240. The normalized spacial score (nSPS) is 15.5. The van der Waals surface area contributed by atoms with Crippen LogP contribution in [0.3, 0.4) is 0 Å². The van der Waals surface area contributed by atoms with Crippen molar-refractivity contribution in [3.05, 3.63) is 33.0 Å². The molecule has 25 heavy (non-hydrogen) atoms. The zero-order valence-electron chi connectivity index (χ0n) is 14.5. The average Bonchev–Trinajstić information content (AvgIpc) is 2.54. The van der Waals surface area contributed by atoms with E-state index in [0.29, 0.717) is 43.0 Å². The molecule has 0 radical (unpaired) electrons. The fourth-order valence-electron chi connectivity index (χ4n) is 2.68. The summed E-state index contributed by atoms with van der Waals surface area (Å²) < 4.78 is 6.24. The summed E-state index contributed by atoms with van der Waals surface area (Å²) in [7, 11) is 0. The number of fused-ring (bicyclic) bond motifs is 1. The molecule has 1 aliphatic heterocycles. The summed E-state index contributed by atoms with van der Waals surface area (Å²) in [6, 6.07) is 5.43. The standard InChI is InChI=1S/C17H21BrN4O3/c1-17(2,3)25-16(24)22-8-6-21(7-9-22)15-19-13-5-4-11(18)10-12(13)14(23)20-15/h4-5,10H,6-9H2,1-3H3,(H,19,20,23). The first-order chi connectivity index (χ1) is 11.7. The van der Waals surface area contributed by atoms with Crippen LogP contribution in [0, 0.1) is 0 Å². The summed E-state index contributed by atoms with van der Waals surface area (Å²) in [4.78, 5) is 35.5. The minimum absolute atomic E-state index is 0.170. The van der Waals surface area contributed by atoms with Crippen LogP contribution in [-0.2, 0) is 4.74 Å².